The predicted octanol–water partition coefficient (Wildman–Crippen LogP) is 3.11. The monoisotopic (exact) mass is 315 g/mol. The number of H-pyrrole nitrogens is 1. The van der Waals surface area contributed by atoms with Crippen molar-refractivity contribution in [2.75, 3.05) is 0 Å². The van der Waals surface area contributed by atoms with Crippen LogP contribution in [0.1, 0.15) is 44.5 Å². The number of carbonyl (C=O) groups is 1. The fourth-order valence-electron chi connectivity index (χ4n) is 3.17. The molecule has 0 radical (unpaired) electrons. The molecule has 1 aromatic carbocycles. The molecule has 1 amide bonds. The van der Waals surface area contributed by atoms with E-state index in [4.69, 9.17) is 0 Å². The summed E-state index contributed by atoms with van der Waals surface area (Å²) in [6.07, 6.45) is 6.36. The Morgan fingerprint density at radius 1 is 1.35 bits per heavy atom. The summed E-state index contributed by atoms with van der Waals surface area (Å²) in [5.41, 5.74) is 0.578. The molecule has 2 aromatic rings. The molecule has 0 saturated heterocycles. The van der Waals surface area contributed by atoms with E-state index in [0.717, 1.165) is 24.2 Å². The summed E-state index contributed by atoms with van der Waals surface area (Å²) in [6, 6.07) is 6.58. The Morgan fingerprint density at radius 2 is 2.04 bits per heavy atom. The van der Waals surface area contributed by atoms with E-state index in [-0.39, 0.29) is 22.7 Å². The van der Waals surface area contributed by atoms with Gasteiger partial charge in [-0.15, -0.1) is 0 Å². The average molecular weight is 315 g/mol. The summed E-state index contributed by atoms with van der Waals surface area (Å²) in [4.78, 5) is 19.5. The Morgan fingerprint density at radius 3 is 2.61 bits per heavy atom. The standard InChI is InChI=1S/C18H22FN3O/c1-17(2,13-3-5-14(19)6-4-13)18(9-10-18)22-16(23)8-7-15-20-11-12-21-15/h3-6,11-12H,7-10H2,1-2H3,(H,20,21)(H,22,23). The van der Waals surface area contributed by atoms with E-state index in [0.29, 0.717) is 12.8 Å². The van der Waals surface area contributed by atoms with Gasteiger partial charge in [0, 0.05) is 36.2 Å². The molecule has 0 unspecified atom stereocenters. The molecule has 0 aliphatic heterocycles. The molecule has 1 saturated carbocycles. The number of amides is 1. The van der Waals surface area contributed by atoms with Gasteiger partial charge in [0.15, 0.2) is 0 Å². The van der Waals surface area contributed by atoms with Gasteiger partial charge < -0.3 is 10.3 Å². The van der Waals surface area contributed by atoms with Crippen molar-refractivity contribution in [1.29, 1.82) is 0 Å². The van der Waals surface area contributed by atoms with Crippen LogP contribution in [0.15, 0.2) is 36.7 Å². The highest BCUT2D eigenvalue weighted by molar-refractivity contribution is 5.78. The van der Waals surface area contributed by atoms with Crippen LogP contribution >= 0.6 is 0 Å². The first kappa shape index (κ1) is 15.7. The molecular formula is C18H22FN3O. The third-order valence-electron chi connectivity index (χ3n) is 5.03. The topological polar surface area (TPSA) is 57.8 Å². The summed E-state index contributed by atoms with van der Waals surface area (Å²) in [5.74, 6) is 0.619. The fraction of sp³-hybridized carbons (Fsp3) is 0.444. The third kappa shape index (κ3) is 3.14. The van der Waals surface area contributed by atoms with Gasteiger partial charge in [-0.3, -0.25) is 4.79 Å². The zero-order valence-corrected chi connectivity index (χ0v) is 13.5. The van der Waals surface area contributed by atoms with Crippen molar-refractivity contribution >= 4 is 5.91 Å². The lowest BCUT2D eigenvalue weighted by molar-refractivity contribution is -0.122. The lowest BCUT2D eigenvalue weighted by atomic mass is 9.75. The number of nitrogens with one attached hydrogen (secondary N) is 2. The second kappa shape index (κ2) is 5.80. The summed E-state index contributed by atoms with van der Waals surface area (Å²) in [6.45, 7) is 4.22. The van der Waals surface area contributed by atoms with Crippen molar-refractivity contribution in [2.45, 2.75) is 50.5 Å². The van der Waals surface area contributed by atoms with Crippen LogP contribution < -0.4 is 5.32 Å². The van der Waals surface area contributed by atoms with E-state index in [2.05, 4.69) is 29.1 Å². The minimum atomic E-state index is -0.239. The van der Waals surface area contributed by atoms with E-state index in [1.165, 1.54) is 12.1 Å². The maximum absolute atomic E-state index is 13.2. The maximum Gasteiger partial charge on any atom is 0.220 e. The molecule has 1 aliphatic rings. The Bertz CT molecular complexity index is 673. The number of aromatic amines is 1. The largest absolute Gasteiger partial charge is 0.350 e. The molecule has 1 aliphatic carbocycles. The van der Waals surface area contributed by atoms with Crippen molar-refractivity contribution in [3.05, 3.63) is 53.9 Å². The number of aromatic nitrogens is 2. The second-order valence-corrected chi connectivity index (χ2v) is 6.80. The number of nitrogens with zero attached hydrogens (tertiary/aromatic N) is 1. The Labute approximate surface area is 135 Å². The lowest BCUT2D eigenvalue weighted by Gasteiger charge is -2.36. The molecule has 1 heterocycles. The first-order valence-electron chi connectivity index (χ1n) is 7.98. The van der Waals surface area contributed by atoms with Crippen molar-refractivity contribution in [3.63, 3.8) is 0 Å². The molecular weight excluding hydrogens is 293 g/mol. The van der Waals surface area contributed by atoms with Gasteiger partial charge >= 0.3 is 0 Å². The smallest absolute Gasteiger partial charge is 0.220 e. The van der Waals surface area contributed by atoms with E-state index in [9.17, 15) is 9.18 Å². The van der Waals surface area contributed by atoms with Gasteiger partial charge in [-0.25, -0.2) is 9.37 Å². The maximum atomic E-state index is 13.2. The normalized spacial score (nSPS) is 16.1. The van der Waals surface area contributed by atoms with Crippen LogP contribution in [0.25, 0.3) is 0 Å². The van der Waals surface area contributed by atoms with E-state index < -0.39 is 0 Å². The minimum Gasteiger partial charge on any atom is -0.350 e. The number of halogens is 1. The number of rotatable bonds is 6. The van der Waals surface area contributed by atoms with E-state index in [1.54, 1.807) is 12.4 Å². The lowest BCUT2D eigenvalue weighted by Crippen LogP contribution is -2.50. The molecule has 1 aromatic heterocycles. The van der Waals surface area contributed by atoms with Crippen LogP contribution in [0.5, 0.6) is 0 Å². The molecule has 1 fully saturated rings. The zero-order chi connectivity index (χ0) is 16.5. The van der Waals surface area contributed by atoms with Gasteiger partial charge in [0.1, 0.15) is 11.6 Å². The number of hydrogen-bond acceptors (Lipinski definition) is 2. The molecule has 3 rings (SSSR count). The van der Waals surface area contributed by atoms with Crippen LogP contribution in [0, 0.1) is 5.82 Å². The molecule has 0 bridgehead atoms. The SMILES string of the molecule is CC(C)(c1ccc(F)cc1)C1(NC(=O)CCc2ncc[nH]2)CC1. The average Bonchev–Trinajstić information content (AvgIpc) is 3.12. The van der Waals surface area contributed by atoms with Crippen LogP contribution in [-0.4, -0.2) is 21.4 Å². The number of carbonyl (C=O) groups excluding carboxylic acids is 1. The highest BCUT2D eigenvalue weighted by Gasteiger charge is 2.55. The second-order valence-electron chi connectivity index (χ2n) is 6.80. The molecule has 4 nitrogen and oxygen atoms in total. The molecule has 2 N–H and O–H groups in total. The van der Waals surface area contributed by atoms with Gasteiger partial charge in [-0.1, -0.05) is 26.0 Å². The van der Waals surface area contributed by atoms with Crippen LogP contribution in [-0.2, 0) is 16.6 Å². The number of aryl methyl sites for hydroxylation is 1. The van der Waals surface area contributed by atoms with Crippen molar-refractivity contribution < 1.29 is 9.18 Å². The van der Waals surface area contributed by atoms with Gasteiger partial charge in [-0.05, 0) is 30.5 Å². The van der Waals surface area contributed by atoms with E-state index in [1.807, 2.05) is 12.1 Å². The van der Waals surface area contributed by atoms with Crippen LogP contribution in [0.3, 0.4) is 0 Å². The van der Waals surface area contributed by atoms with Gasteiger partial charge in [-0.2, -0.15) is 0 Å². The number of imidazole rings is 1. The van der Waals surface area contributed by atoms with Gasteiger partial charge in [0.25, 0.3) is 0 Å². The summed E-state index contributed by atoms with van der Waals surface area (Å²) >= 11 is 0. The van der Waals surface area contributed by atoms with Crippen LogP contribution in [0.2, 0.25) is 0 Å². The highest BCUT2D eigenvalue weighted by Crippen LogP contribution is 2.51. The summed E-state index contributed by atoms with van der Waals surface area (Å²) < 4.78 is 13.2. The van der Waals surface area contributed by atoms with Crippen molar-refractivity contribution in [3.8, 4) is 0 Å². The summed E-state index contributed by atoms with van der Waals surface area (Å²) in [5, 5.41) is 3.21. The quantitative estimate of drug-likeness (QED) is 0.860. The molecule has 23 heavy (non-hydrogen) atoms. The first-order chi connectivity index (χ1) is 10.9. The van der Waals surface area contributed by atoms with Gasteiger partial charge in [0.2, 0.25) is 5.91 Å². The first-order valence-corrected chi connectivity index (χ1v) is 7.98. The predicted molar refractivity (Wildman–Crippen MR) is 86.4 cm³/mol. The molecule has 0 spiro atoms. The van der Waals surface area contributed by atoms with Crippen molar-refractivity contribution in [1.82, 2.24) is 15.3 Å². The number of hydrogen-bond donors (Lipinski definition) is 2. The molecule has 0 atom stereocenters. The van der Waals surface area contributed by atoms with Crippen molar-refractivity contribution in [2.24, 2.45) is 0 Å². The van der Waals surface area contributed by atoms with E-state index >= 15 is 0 Å². The Balaban J connectivity index is 1.66. The molecule has 5 heteroatoms. The summed E-state index contributed by atoms with van der Waals surface area (Å²) in [7, 11) is 0. The Kier molecular flexibility index (Phi) is 3.96. The fourth-order valence-corrected chi connectivity index (χ4v) is 3.17. The zero-order valence-electron chi connectivity index (χ0n) is 13.5. The Hall–Kier alpha value is -2.17. The number of benzene rings is 1. The minimum absolute atomic E-state index is 0.0362. The third-order valence-corrected chi connectivity index (χ3v) is 5.03. The van der Waals surface area contributed by atoms with Crippen LogP contribution in [0.4, 0.5) is 4.39 Å². The highest BCUT2D eigenvalue weighted by atomic mass is 19.1. The van der Waals surface area contributed by atoms with Gasteiger partial charge in [0.05, 0.1) is 0 Å². The molecule has 122 valence electrons.